The highest BCUT2D eigenvalue weighted by Gasteiger charge is 2.24. The molecule has 0 aromatic rings. The van der Waals surface area contributed by atoms with Gasteiger partial charge in [0, 0.05) is 30.8 Å². The zero-order valence-corrected chi connectivity index (χ0v) is 9.10. The molecule has 2 aliphatic heterocycles. The van der Waals surface area contributed by atoms with E-state index in [1.165, 1.54) is 13.1 Å². The maximum Gasteiger partial charge on any atom is 0.156 e. The molecule has 0 spiro atoms. The molecule has 13 heavy (non-hydrogen) atoms. The first kappa shape index (κ1) is 9.34. The van der Waals surface area contributed by atoms with Crippen molar-refractivity contribution >= 4 is 16.9 Å². The van der Waals surface area contributed by atoms with E-state index in [1.54, 1.807) is 0 Å². The number of nitrogens with one attached hydrogen (secondary N) is 1. The van der Waals surface area contributed by atoms with Gasteiger partial charge in [-0.15, -0.1) is 0 Å². The predicted octanol–water partition coefficient (Wildman–Crippen LogP) is 0.629. The Morgan fingerprint density at radius 3 is 2.92 bits per heavy atom. The molecule has 0 amide bonds. The zero-order valence-electron chi connectivity index (χ0n) is 8.29. The third-order valence-electron chi connectivity index (χ3n) is 2.49. The summed E-state index contributed by atoms with van der Waals surface area (Å²) in [5, 5.41) is 5.25. The minimum absolute atomic E-state index is 0.673. The Kier molecular flexibility index (Phi) is 2.79. The lowest BCUT2D eigenvalue weighted by molar-refractivity contribution is 0.137. The topological polar surface area (TPSA) is 27.6 Å². The van der Waals surface area contributed by atoms with Crippen LogP contribution < -0.4 is 5.32 Å². The summed E-state index contributed by atoms with van der Waals surface area (Å²) in [6, 6.07) is 0. The highest BCUT2D eigenvalue weighted by molar-refractivity contribution is 8.14. The van der Waals surface area contributed by atoms with Crippen LogP contribution in [0.2, 0.25) is 0 Å². The molecule has 1 N–H and O–H groups in total. The predicted molar refractivity (Wildman–Crippen MR) is 58.3 cm³/mol. The molecular weight excluding hydrogens is 182 g/mol. The van der Waals surface area contributed by atoms with Crippen LogP contribution in [0.3, 0.4) is 0 Å². The molecule has 0 aliphatic carbocycles. The quantitative estimate of drug-likeness (QED) is 0.707. The van der Waals surface area contributed by atoms with E-state index in [0.717, 1.165) is 24.2 Å². The van der Waals surface area contributed by atoms with Crippen molar-refractivity contribution in [3.63, 3.8) is 0 Å². The Morgan fingerprint density at radius 1 is 1.62 bits per heavy atom. The Balaban J connectivity index is 1.63. The second kappa shape index (κ2) is 3.88. The molecule has 0 aromatic heterocycles. The highest BCUT2D eigenvalue weighted by Crippen LogP contribution is 2.19. The van der Waals surface area contributed by atoms with E-state index in [1.807, 2.05) is 11.8 Å². The molecular formula is C9H17N3S. The fourth-order valence-corrected chi connectivity index (χ4v) is 2.61. The molecule has 2 rings (SSSR count). The van der Waals surface area contributed by atoms with Gasteiger partial charge in [-0.1, -0.05) is 18.7 Å². The molecule has 0 saturated carbocycles. The summed E-state index contributed by atoms with van der Waals surface area (Å²) in [4.78, 5) is 6.77. The highest BCUT2D eigenvalue weighted by atomic mass is 32.2. The van der Waals surface area contributed by atoms with E-state index in [-0.39, 0.29) is 0 Å². The summed E-state index contributed by atoms with van der Waals surface area (Å²) >= 11 is 1.87. The molecule has 2 aliphatic rings. The van der Waals surface area contributed by atoms with Crippen molar-refractivity contribution in [2.24, 2.45) is 10.9 Å². The fourth-order valence-electron chi connectivity index (χ4n) is 1.76. The van der Waals surface area contributed by atoms with E-state index in [9.17, 15) is 0 Å². The Morgan fingerprint density at radius 2 is 2.38 bits per heavy atom. The smallest absolute Gasteiger partial charge is 0.156 e. The first-order valence-corrected chi connectivity index (χ1v) is 5.75. The first-order valence-electron chi connectivity index (χ1n) is 4.87. The standard InChI is InChI=1S/C9H17N3S/c1-7-3-10-9(13-7)11-4-8-5-12(2)6-8/h7-8H,3-6H2,1-2H3,(H,10,11). The number of rotatable bonds is 2. The third-order valence-corrected chi connectivity index (χ3v) is 3.53. The van der Waals surface area contributed by atoms with Crippen LogP contribution in [0.4, 0.5) is 0 Å². The van der Waals surface area contributed by atoms with E-state index in [0.29, 0.717) is 5.25 Å². The summed E-state index contributed by atoms with van der Waals surface area (Å²) in [7, 11) is 2.17. The van der Waals surface area contributed by atoms with Crippen molar-refractivity contribution in [2.45, 2.75) is 12.2 Å². The molecule has 1 saturated heterocycles. The number of aliphatic imine (C=N–C) groups is 1. The summed E-state index contributed by atoms with van der Waals surface area (Å²) < 4.78 is 0. The molecule has 3 nitrogen and oxygen atoms in total. The monoisotopic (exact) mass is 199 g/mol. The second-order valence-electron chi connectivity index (χ2n) is 4.04. The normalized spacial score (nSPS) is 30.0. The van der Waals surface area contributed by atoms with E-state index in [2.05, 4.69) is 29.2 Å². The lowest BCUT2D eigenvalue weighted by Gasteiger charge is -2.36. The van der Waals surface area contributed by atoms with Gasteiger partial charge in [0.1, 0.15) is 0 Å². The molecule has 0 bridgehead atoms. The fraction of sp³-hybridized carbons (Fsp3) is 0.889. The number of nitrogens with zero attached hydrogens (tertiary/aromatic N) is 2. The zero-order chi connectivity index (χ0) is 9.26. The lowest BCUT2D eigenvalue weighted by atomic mass is 10.0. The van der Waals surface area contributed by atoms with Gasteiger partial charge in [0.05, 0.1) is 6.54 Å². The first-order chi connectivity index (χ1) is 6.24. The average molecular weight is 199 g/mol. The van der Waals surface area contributed by atoms with Crippen molar-refractivity contribution in [1.82, 2.24) is 10.2 Å². The van der Waals surface area contributed by atoms with E-state index < -0.39 is 0 Å². The summed E-state index contributed by atoms with van der Waals surface area (Å²) in [5.41, 5.74) is 0. The number of amidine groups is 1. The van der Waals surface area contributed by atoms with Gasteiger partial charge in [0.25, 0.3) is 0 Å². The van der Waals surface area contributed by atoms with Crippen LogP contribution in [-0.2, 0) is 0 Å². The third kappa shape index (κ3) is 2.38. The molecule has 0 radical (unpaired) electrons. The summed E-state index contributed by atoms with van der Waals surface area (Å²) in [5.74, 6) is 0.837. The maximum atomic E-state index is 4.42. The summed E-state index contributed by atoms with van der Waals surface area (Å²) in [6.45, 7) is 6.78. The van der Waals surface area contributed by atoms with E-state index >= 15 is 0 Å². The van der Waals surface area contributed by atoms with Crippen molar-refractivity contribution < 1.29 is 0 Å². The van der Waals surface area contributed by atoms with Crippen LogP contribution in [0, 0.1) is 5.92 Å². The average Bonchev–Trinajstić information content (AvgIpc) is 2.43. The largest absolute Gasteiger partial charge is 0.365 e. The lowest BCUT2D eigenvalue weighted by Crippen LogP contribution is -2.48. The Hall–Kier alpha value is -0.220. The second-order valence-corrected chi connectivity index (χ2v) is 5.47. The minimum atomic E-state index is 0.673. The number of likely N-dealkylation sites (tertiary alicyclic amines) is 1. The van der Waals surface area contributed by atoms with Crippen molar-refractivity contribution in [3.05, 3.63) is 0 Å². The van der Waals surface area contributed by atoms with Crippen LogP contribution in [-0.4, -0.2) is 48.5 Å². The van der Waals surface area contributed by atoms with Gasteiger partial charge < -0.3 is 10.2 Å². The van der Waals surface area contributed by atoms with Crippen LogP contribution in [0.15, 0.2) is 4.99 Å². The maximum absolute atomic E-state index is 4.42. The Bertz CT molecular complexity index is 211. The molecule has 0 aromatic carbocycles. The van der Waals surface area contributed by atoms with E-state index in [4.69, 9.17) is 0 Å². The van der Waals surface area contributed by atoms with Crippen molar-refractivity contribution in [1.29, 1.82) is 0 Å². The number of hydrogen-bond acceptors (Lipinski definition) is 4. The van der Waals surface area contributed by atoms with Crippen LogP contribution >= 0.6 is 11.8 Å². The SMILES string of the molecule is CC1CN=C(NCC2CN(C)C2)S1. The minimum Gasteiger partial charge on any atom is -0.365 e. The molecule has 1 atom stereocenters. The molecule has 4 heteroatoms. The van der Waals surface area contributed by atoms with Crippen molar-refractivity contribution in [2.75, 3.05) is 33.2 Å². The molecule has 2 heterocycles. The molecule has 74 valence electrons. The van der Waals surface area contributed by atoms with Crippen LogP contribution in [0.25, 0.3) is 0 Å². The summed E-state index contributed by atoms with van der Waals surface area (Å²) in [6.07, 6.45) is 0. The van der Waals surface area contributed by atoms with Gasteiger partial charge >= 0.3 is 0 Å². The number of hydrogen-bond donors (Lipinski definition) is 1. The number of thioether (sulfide) groups is 1. The van der Waals surface area contributed by atoms with Gasteiger partial charge in [0.15, 0.2) is 5.17 Å². The van der Waals surface area contributed by atoms with Gasteiger partial charge in [0.2, 0.25) is 0 Å². The Labute approximate surface area is 84.0 Å². The van der Waals surface area contributed by atoms with Gasteiger partial charge in [-0.2, -0.15) is 0 Å². The van der Waals surface area contributed by atoms with Gasteiger partial charge in [-0.25, -0.2) is 0 Å². The molecule has 1 unspecified atom stereocenters. The van der Waals surface area contributed by atoms with Crippen LogP contribution in [0.1, 0.15) is 6.92 Å². The van der Waals surface area contributed by atoms with Gasteiger partial charge in [-0.05, 0) is 7.05 Å². The van der Waals surface area contributed by atoms with Gasteiger partial charge in [-0.3, -0.25) is 4.99 Å². The van der Waals surface area contributed by atoms with Crippen LogP contribution in [0.5, 0.6) is 0 Å². The van der Waals surface area contributed by atoms with Crippen molar-refractivity contribution in [3.8, 4) is 0 Å². The molecule has 1 fully saturated rings.